The number of carboxylic acid groups (broad SMARTS) is 1. The van der Waals surface area contributed by atoms with Crippen molar-refractivity contribution in [3.63, 3.8) is 0 Å². The van der Waals surface area contributed by atoms with Gasteiger partial charge in [0.05, 0.1) is 4.21 Å². The fraction of sp³-hybridized carbons (Fsp3) is 0.500. The predicted molar refractivity (Wildman–Crippen MR) is 72.4 cm³/mol. The van der Waals surface area contributed by atoms with Crippen LogP contribution in [0.2, 0.25) is 0 Å². The van der Waals surface area contributed by atoms with Crippen molar-refractivity contribution in [2.75, 3.05) is 12.3 Å². The highest BCUT2D eigenvalue weighted by Crippen LogP contribution is 2.28. The van der Waals surface area contributed by atoms with Gasteiger partial charge in [-0.2, -0.15) is 0 Å². The second kappa shape index (κ2) is 5.75. The van der Waals surface area contributed by atoms with E-state index in [-0.39, 0.29) is 5.91 Å². The maximum Gasteiger partial charge on any atom is 0.345 e. The molecule has 1 fully saturated rings. The number of hydrogen-bond donors (Lipinski definition) is 1. The Morgan fingerprint density at radius 3 is 2.94 bits per heavy atom. The molecule has 0 saturated carbocycles. The molecule has 1 aliphatic rings. The van der Waals surface area contributed by atoms with Crippen molar-refractivity contribution in [1.29, 1.82) is 0 Å². The molecule has 1 aromatic heterocycles. The van der Waals surface area contributed by atoms with E-state index in [4.69, 9.17) is 5.11 Å². The number of thiophene rings is 1. The van der Waals surface area contributed by atoms with Crippen molar-refractivity contribution in [2.24, 2.45) is 0 Å². The second-order valence-corrected chi connectivity index (χ2v) is 6.73. The van der Waals surface area contributed by atoms with Gasteiger partial charge in [-0.05, 0) is 25.5 Å². The first-order valence-electron chi connectivity index (χ1n) is 5.83. The molecule has 1 aliphatic heterocycles. The number of amides is 1. The van der Waals surface area contributed by atoms with E-state index >= 15 is 0 Å². The van der Waals surface area contributed by atoms with Crippen LogP contribution in [0.15, 0.2) is 16.3 Å². The lowest BCUT2D eigenvalue weighted by molar-refractivity contribution is -0.128. The summed E-state index contributed by atoms with van der Waals surface area (Å²) in [5.41, 5.74) is 0. The van der Waals surface area contributed by atoms with E-state index in [1.165, 1.54) is 11.3 Å². The zero-order valence-corrected chi connectivity index (χ0v) is 11.7. The summed E-state index contributed by atoms with van der Waals surface area (Å²) in [5.74, 6) is 0.172. The van der Waals surface area contributed by atoms with Gasteiger partial charge in [-0.1, -0.05) is 0 Å². The van der Waals surface area contributed by atoms with Crippen molar-refractivity contribution < 1.29 is 14.7 Å². The number of nitrogens with zero attached hydrogens (tertiary/aromatic N) is 1. The largest absolute Gasteiger partial charge is 0.477 e. The highest BCUT2D eigenvalue weighted by Gasteiger charge is 2.26. The zero-order valence-electron chi connectivity index (χ0n) is 10.1. The molecule has 2 rings (SSSR count). The summed E-state index contributed by atoms with van der Waals surface area (Å²) in [4.78, 5) is 24.6. The van der Waals surface area contributed by atoms with E-state index in [2.05, 4.69) is 6.92 Å². The zero-order chi connectivity index (χ0) is 13.1. The van der Waals surface area contributed by atoms with Gasteiger partial charge in [-0.15, -0.1) is 23.1 Å². The van der Waals surface area contributed by atoms with Gasteiger partial charge < -0.3 is 10.0 Å². The molecule has 0 spiro atoms. The Bertz CT molecular complexity index is 458. The van der Waals surface area contributed by atoms with Crippen LogP contribution in [0.3, 0.4) is 0 Å². The van der Waals surface area contributed by atoms with Gasteiger partial charge in [-0.25, -0.2) is 4.79 Å². The number of carboxylic acids is 1. The average molecular weight is 285 g/mol. The number of thioether (sulfide) groups is 1. The molecule has 98 valence electrons. The Kier molecular flexibility index (Phi) is 4.29. The van der Waals surface area contributed by atoms with E-state index in [0.29, 0.717) is 17.3 Å². The standard InChI is InChI=1S/C12H15NO3S2/c1-8-2-4-10(14)13(8)6-7-17-11-5-3-9(18-11)12(15)16/h3,5,8H,2,4,6-7H2,1H3,(H,15,16). The minimum atomic E-state index is -0.879. The van der Waals surface area contributed by atoms with Crippen molar-refractivity contribution >= 4 is 35.0 Å². The molecule has 1 N–H and O–H groups in total. The van der Waals surface area contributed by atoms with Gasteiger partial charge in [0.15, 0.2) is 0 Å². The maximum atomic E-state index is 11.6. The quantitative estimate of drug-likeness (QED) is 0.845. The highest BCUT2D eigenvalue weighted by molar-refractivity contribution is 8.01. The van der Waals surface area contributed by atoms with Crippen LogP contribution in [-0.4, -0.2) is 40.2 Å². The summed E-state index contributed by atoms with van der Waals surface area (Å²) < 4.78 is 0.992. The van der Waals surface area contributed by atoms with Crippen LogP contribution >= 0.6 is 23.1 Å². The Morgan fingerprint density at radius 1 is 1.61 bits per heavy atom. The van der Waals surface area contributed by atoms with Crippen molar-refractivity contribution in [1.82, 2.24) is 4.90 Å². The molecule has 1 aromatic rings. The fourth-order valence-corrected chi connectivity index (χ4v) is 3.96. The molecule has 0 bridgehead atoms. The molecule has 1 saturated heterocycles. The summed E-state index contributed by atoms with van der Waals surface area (Å²) in [6.07, 6.45) is 1.61. The lowest BCUT2D eigenvalue weighted by Crippen LogP contribution is -2.32. The number of likely N-dealkylation sites (tertiary alicyclic amines) is 1. The Hall–Kier alpha value is -1.01. The Morgan fingerprint density at radius 2 is 2.39 bits per heavy atom. The van der Waals surface area contributed by atoms with Gasteiger partial charge in [0.2, 0.25) is 5.91 Å². The lowest BCUT2D eigenvalue weighted by Gasteiger charge is -2.20. The van der Waals surface area contributed by atoms with Crippen LogP contribution in [0.5, 0.6) is 0 Å². The molecule has 0 radical (unpaired) electrons. The van der Waals surface area contributed by atoms with Crippen LogP contribution in [-0.2, 0) is 4.79 Å². The second-order valence-electron chi connectivity index (χ2n) is 4.25. The minimum Gasteiger partial charge on any atom is -0.477 e. The van der Waals surface area contributed by atoms with E-state index in [9.17, 15) is 9.59 Å². The number of carbonyl (C=O) groups is 2. The SMILES string of the molecule is CC1CCC(=O)N1CCSc1ccc(C(=O)O)s1. The average Bonchev–Trinajstić information content (AvgIpc) is 2.90. The van der Waals surface area contributed by atoms with E-state index < -0.39 is 5.97 Å². The third-order valence-corrected chi connectivity index (χ3v) is 5.28. The molecule has 1 atom stereocenters. The van der Waals surface area contributed by atoms with Crippen molar-refractivity contribution in [3.8, 4) is 0 Å². The molecular weight excluding hydrogens is 270 g/mol. The van der Waals surface area contributed by atoms with Crippen LogP contribution < -0.4 is 0 Å². The lowest BCUT2D eigenvalue weighted by atomic mass is 10.2. The first kappa shape index (κ1) is 13.4. The van der Waals surface area contributed by atoms with E-state index in [1.54, 1.807) is 17.8 Å². The molecule has 6 heteroatoms. The van der Waals surface area contributed by atoms with Crippen molar-refractivity contribution in [2.45, 2.75) is 30.0 Å². The summed E-state index contributed by atoms with van der Waals surface area (Å²) in [6.45, 7) is 2.81. The molecule has 0 aromatic carbocycles. The topological polar surface area (TPSA) is 57.6 Å². The first-order chi connectivity index (χ1) is 8.58. The number of carbonyl (C=O) groups excluding carboxylic acids is 1. The Labute approximate surface area is 114 Å². The van der Waals surface area contributed by atoms with E-state index in [0.717, 1.165) is 22.9 Å². The van der Waals surface area contributed by atoms with Gasteiger partial charge in [0.1, 0.15) is 4.88 Å². The molecule has 18 heavy (non-hydrogen) atoms. The van der Waals surface area contributed by atoms with Crippen LogP contribution in [0.4, 0.5) is 0 Å². The summed E-state index contributed by atoms with van der Waals surface area (Å²) in [6, 6.07) is 3.79. The smallest absolute Gasteiger partial charge is 0.345 e. The summed E-state index contributed by atoms with van der Waals surface area (Å²) >= 11 is 2.90. The maximum absolute atomic E-state index is 11.6. The normalized spacial score (nSPS) is 19.5. The highest BCUT2D eigenvalue weighted by atomic mass is 32.2. The minimum absolute atomic E-state index is 0.237. The molecule has 0 aliphatic carbocycles. The molecule has 2 heterocycles. The molecular formula is C12H15NO3S2. The first-order valence-corrected chi connectivity index (χ1v) is 7.63. The third kappa shape index (κ3) is 3.05. The fourth-order valence-electron chi connectivity index (χ4n) is 1.98. The summed E-state index contributed by atoms with van der Waals surface area (Å²) in [5, 5.41) is 8.81. The van der Waals surface area contributed by atoms with Crippen LogP contribution in [0, 0.1) is 0 Å². The van der Waals surface area contributed by atoms with Crippen molar-refractivity contribution in [3.05, 3.63) is 17.0 Å². The monoisotopic (exact) mass is 285 g/mol. The Balaban J connectivity index is 1.81. The molecule has 1 unspecified atom stereocenters. The van der Waals surface area contributed by atoms with Crippen LogP contribution in [0.1, 0.15) is 29.4 Å². The number of hydrogen-bond acceptors (Lipinski definition) is 4. The number of aromatic carboxylic acids is 1. The summed E-state index contributed by atoms with van der Waals surface area (Å²) in [7, 11) is 0. The number of rotatable bonds is 5. The van der Waals surface area contributed by atoms with Crippen LogP contribution in [0.25, 0.3) is 0 Å². The van der Waals surface area contributed by atoms with Gasteiger partial charge in [-0.3, -0.25) is 4.79 Å². The predicted octanol–water partition coefficient (Wildman–Crippen LogP) is 2.55. The van der Waals surface area contributed by atoms with Gasteiger partial charge in [0, 0.05) is 24.8 Å². The third-order valence-electron chi connectivity index (χ3n) is 3.00. The molecule has 1 amide bonds. The molecule has 4 nitrogen and oxygen atoms in total. The van der Waals surface area contributed by atoms with Gasteiger partial charge >= 0.3 is 5.97 Å². The van der Waals surface area contributed by atoms with Gasteiger partial charge in [0.25, 0.3) is 0 Å². The van der Waals surface area contributed by atoms with E-state index in [1.807, 2.05) is 11.0 Å².